The van der Waals surface area contributed by atoms with Crippen molar-refractivity contribution in [2.24, 2.45) is 0 Å². The maximum absolute atomic E-state index is 2.38. The van der Waals surface area contributed by atoms with Crippen molar-refractivity contribution in [2.45, 2.75) is 52.4 Å². The van der Waals surface area contributed by atoms with E-state index in [1.54, 1.807) is 0 Å². The fraction of sp³-hybridized carbons (Fsp3) is 0.364. The second-order valence-corrected chi connectivity index (χ2v) is 6.48. The molecule has 0 aliphatic heterocycles. The predicted octanol–water partition coefficient (Wildman–Crippen LogP) is 6.88. The van der Waals surface area contributed by atoms with Crippen LogP contribution in [0, 0.1) is 0 Å². The summed E-state index contributed by atoms with van der Waals surface area (Å²) in [6, 6.07) is 17.4. The molecule has 116 valence electrons. The molecular weight excluding hydrogens is 264 g/mol. The number of benzene rings is 2. The Hall–Kier alpha value is -1.82. The molecule has 0 bridgehead atoms. The van der Waals surface area contributed by atoms with Gasteiger partial charge in [0, 0.05) is 0 Å². The van der Waals surface area contributed by atoms with Crippen LogP contribution in [0.25, 0.3) is 12.2 Å². The Kier molecular flexibility index (Phi) is 6.00. The molecule has 0 radical (unpaired) electrons. The highest BCUT2D eigenvalue weighted by molar-refractivity contribution is 5.70. The van der Waals surface area contributed by atoms with Gasteiger partial charge in [-0.1, -0.05) is 94.8 Å². The lowest BCUT2D eigenvalue weighted by atomic mass is 9.86. The predicted molar refractivity (Wildman–Crippen MR) is 99.2 cm³/mol. The zero-order valence-electron chi connectivity index (χ0n) is 14.3. The maximum Gasteiger partial charge on any atom is -0.0187 e. The lowest BCUT2D eigenvalue weighted by molar-refractivity contribution is 0.651. The minimum absolute atomic E-state index is 0.585. The molecule has 1 atom stereocenters. The summed E-state index contributed by atoms with van der Waals surface area (Å²) in [7, 11) is 0. The van der Waals surface area contributed by atoms with Crippen LogP contribution in [0.3, 0.4) is 0 Å². The standard InChI is InChI=1S/C22H28/c1-5-9-18(4)22-16-20(14-15-21(22)17(2)3)13-12-19-10-7-6-8-11-19/h6-8,10-18H,5,9H2,1-4H3/b13-12-. The molecule has 0 spiro atoms. The summed E-state index contributed by atoms with van der Waals surface area (Å²) in [6.45, 7) is 9.20. The first-order chi connectivity index (χ1) is 10.6. The van der Waals surface area contributed by atoms with Crippen molar-refractivity contribution in [3.63, 3.8) is 0 Å². The molecule has 0 aliphatic carbocycles. The van der Waals surface area contributed by atoms with Crippen LogP contribution in [0.4, 0.5) is 0 Å². The molecule has 0 amide bonds. The van der Waals surface area contributed by atoms with E-state index in [1.165, 1.54) is 35.1 Å². The van der Waals surface area contributed by atoms with Crippen LogP contribution in [-0.4, -0.2) is 0 Å². The van der Waals surface area contributed by atoms with Crippen LogP contribution in [0.1, 0.15) is 74.6 Å². The lowest BCUT2D eigenvalue weighted by Crippen LogP contribution is -2.01. The van der Waals surface area contributed by atoms with Gasteiger partial charge in [-0.05, 0) is 40.5 Å². The van der Waals surface area contributed by atoms with Crippen LogP contribution in [0.5, 0.6) is 0 Å². The van der Waals surface area contributed by atoms with E-state index < -0.39 is 0 Å². The zero-order valence-corrected chi connectivity index (χ0v) is 14.3. The summed E-state index contributed by atoms with van der Waals surface area (Å²) in [5.74, 6) is 1.22. The minimum Gasteiger partial charge on any atom is -0.0654 e. The van der Waals surface area contributed by atoms with Gasteiger partial charge in [-0.3, -0.25) is 0 Å². The molecule has 2 aromatic rings. The summed E-state index contributed by atoms with van der Waals surface area (Å²) < 4.78 is 0. The van der Waals surface area contributed by atoms with E-state index in [-0.39, 0.29) is 0 Å². The van der Waals surface area contributed by atoms with Gasteiger partial charge in [0.15, 0.2) is 0 Å². The van der Waals surface area contributed by atoms with Crippen LogP contribution in [0.2, 0.25) is 0 Å². The third-order valence-corrected chi connectivity index (χ3v) is 4.25. The highest BCUT2D eigenvalue weighted by Crippen LogP contribution is 2.30. The summed E-state index contributed by atoms with van der Waals surface area (Å²) in [5.41, 5.74) is 5.56. The molecule has 0 aliphatic rings. The van der Waals surface area contributed by atoms with Crippen molar-refractivity contribution in [1.29, 1.82) is 0 Å². The van der Waals surface area contributed by atoms with Gasteiger partial charge in [-0.25, -0.2) is 0 Å². The molecule has 0 nitrogen and oxygen atoms in total. The van der Waals surface area contributed by atoms with Gasteiger partial charge in [0.25, 0.3) is 0 Å². The molecule has 22 heavy (non-hydrogen) atoms. The third kappa shape index (κ3) is 4.34. The maximum atomic E-state index is 2.38. The van der Waals surface area contributed by atoms with E-state index in [1.807, 2.05) is 0 Å². The van der Waals surface area contributed by atoms with Gasteiger partial charge in [-0.2, -0.15) is 0 Å². The number of hydrogen-bond acceptors (Lipinski definition) is 0. The largest absolute Gasteiger partial charge is 0.0654 e. The van der Waals surface area contributed by atoms with Crippen molar-refractivity contribution in [1.82, 2.24) is 0 Å². The van der Waals surface area contributed by atoms with Crippen LogP contribution in [0.15, 0.2) is 48.5 Å². The van der Waals surface area contributed by atoms with E-state index in [0.717, 1.165) is 0 Å². The zero-order chi connectivity index (χ0) is 15.9. The summed E-state index contributed by atoms with van der Waals surface area (Å²) in [4.78, 5) is 0. The first-order valence-electron chi connectivity index (χ1n) is 8.48. The number of hydrogen-bond donors (Lipinski definition) is 0. The Morgan fingerprint density at radius 3 is 2.14 bits per heavy atom. The molecular formula is C22H28. The van der Waals surface area contributed by atoms with Gasteiger partial charge in [0.05, 0.1) is 0 Å². The van der Waals surface area contributed by atoms with Crippen molar-refractivity contribution in [3.8, 4) is 0 Å². The Morgan fingerprint density at radius 2 is 1.50 bits per heavy atom. The van der Waals surface area contributed by atoms with Gasteiger partial charge in [0.2, 0.25) is 0 Å². The molecule has 0 saturated carbocycles. The summed E-state index contributed by atoms with van der Waals surface area (Å²) >= 11 is 0. The molecule has 2 aromatic carbocycles. The van der Waals surface area contributed by atoms with Crippen LogP contribution < -0.4 is 0 Å². The van der Waals surface area contributed by atoms with E-state index in [2.05, 4.69) is 88.4 Å². The molecule has 0 N–H and O–H groups in total. The number of rotatable bonds is 6. The minimum atomic E-state index is 0.585. The highest BCUT2D eigenvalue weighted by atomic mass is 14.2. The van der Waals surface area contributed by atoms with Crippen molar-refractivity contribution < 1.29 is 0 Å². The third-order valence-electron chi connectivity index (χ3n) is 4.25. The second kappa shape index (κ2) is 7.98. The normalized spacial score (nSPS) is 13.0. The molecule has 0 heteroatoms. The van der Waals surface area contributed by atoms with Gasteiger partial charge in [0.1, 0.15) is 0 Å². The van der Waals surface area contributed by atoms with Crippen molar-refractivity contribution in [3.05, 3.63) is 70.8 Å². The molecule has 0 saturated heterocycles. The first-order valence-corrected chi connectivity index (χ1v) is 8.48. The Labute approximate surface area is 135 Å². The van der Waals surface area contributed by atoms with E-state index in [9.17, 15) is 0 Å². The Morgan fingerprint density at radius 1 is 0.818 bits per heavy atom. The monoisotopic (exact) mass is 292 g/mol. The molecule has 0 fully saturated rings. The smallest absolute Gasteiger partial charge is 0.0187 e. The van der Waals surface area contributed by atoms with Gasteiger partial charge in [-0.15, -0.1) is 0 Å². The molecule has 0 aromatic heterocycles. The van der Waals surface area contributed by atoms with Crippen LogP contribution >= 0.6 is 0 Å². The lowest BCUT2D eigenvalue weighted by Gasteiger charge is -2.19. The van der Waals surface area contributed by atoms with E-state index >= 15 is 0 Å². The fourth-order valence-corrected chi connectivity index (χ4v) is 2.99. The fourth-order valence-electron chi connectivity index (χ4n) is 2.99. The quantitative estimate of drug-likeness (QED) is 0.509. The first kappa shape index (κ1) is 16.5. The second-order valence-electron chi connectivity index (χ2n) is 6.48. The highest BCUT2D eigenvalue weighted by Gasteiger charge is 2.12. The average Bonchev–Trinajstić information content (AvgIpc) is 2.53. The van der Waals surface area contributed by atoms with Crippen molar-refractivity contribution in [2.75, 3.05) is 0 Å². The van der Waals surface area contributed by atoms with Gasteiger partial charge < -0.3 is 0 Å². The SMILES string of the molecule is CCCC(C)c1cc(/C=C\c2ccccc2)ccc1C(C)C. The van der Waals surface area contributed by atoms with Crippen LogP contribution in [-0.2, 0) is 0 Å². The topological polar surface area (TPSA) is 0 Å². The van der Waals surface area contributed by atoms with Crippen molar-refractivity contribution >= 4 is 12.2 Å². The Balaban J connectivity index is 2.30. The van der Waals surface area contributed by atoms with Gasteiger partial charge >= 0.3 is 0 Å². The molecule has 2 rings (SSSR count). The molecule has 1 unspecified atom stereocenters. The average molecular weight is 292 g/mol. The van der Waals surface area contributed by atoms with E-state index in [4.69, 9.17) is 0 Å². The summed E-state index contributed by atoms with van der Waals surface area (Å²) in [6.07, 6.45) is 6.91. The molecule has 0 heterocycles. The van der Waals surface area contributed by atoms with E-state index in [0.29, 0.717) is 11.8 Å². The Bertz CT molecular complexity index is 605. The summed E-state index contributed by atoms with van der Waals surface area (Å²) in [5, 5.41) is 0.